The first kappa shape index (κ1) is 60.4. The molecule has 2 atom stereocenters. The first-order valence-electron chi connectivity index (χ1n) is 25.3. The Morgan fingerprint density at radius 1 is 0.641 bits per heavy atom. The maximum Gasteiger partial charge on any atom is 1.00 e. The minimum Gasteiger partial charge on any atom is -0.756 e. The zero-order chi connectivity index (χ0) is 45.8. The van der Waals surface area contributed by atoms with Crippen molar-refractivity contribution in [1.29, 1.82) is 0 Å². The molecule has 64 heavy (non-hydrogen) atoms. The molecule has 0 aromatic carbocycles. The summed E-state index contributed by atoms with van der Waals surface area (Å²) in [5.41, 5.74) is 0. The minimum atomic E-state index is -4.86. The molecule has 364 valence electrons. The molecule has 2 unspecified atom stereocenters. The monoisotopic (exact) mass is 933 g/mol. The Hall–Kier alpha value is -1.60. The van der Waals surface area contributed by atoms with E-state index in [1.165, 1.54) is 133 Å². The van der Waals surface area contributed by atoms with Crippen LogP contribution in [-0.4, -0.2) is 73.6 Å². The predicted molar refractivity (Wildman–Crippen MR) is 245 cm³/mol. The maximum atomic E-state index is 12.8. The van der Waals surface area contributed by atoms with Crippen molar-refractivity contribution in [2.75, 3.05) is 32.9 Å². The van der Waals surface area contributed by atoms with Gasteiger partial charge in [-0.2, -0.15) is 0 Å². The van der Waals surface area contributed by atoms with Crippen LogP contribution in [0, 0.1) is 11.8 Å². The number of phosphoric acid groups is 1. The van der Waals surface area contributed by atoms with Gasteiger partial charge in [-0.15, -0.1) is 0 Å². The molecule has 13 nitrogen and oxygen atoms in total. The maximum absolute atomic E-state index is 12.8. The molecule has 1 saturated carbocycles. The average Bonchev–Trinajstić information content (AvgIpc) is 3.58. The van der Waals surface area contributed by atoms with Gasteiger partial charge >= 0.3 is 41.5 Å². The molecule has 0 spiro atoms. The molecule has 0 saturated heterocycles. The quantitative estimate of drug-likeness (QED) is 0.0208. The molecule has 1 fully saturated rings. The van der Waals surface area contributed by atoms with Gasteiger partial charge in [0.15, 0.2) is 6.10 Å². The molecule has 2 rings (SSSR count). The van der Waals surface area contributed by atoms with Gasteiger partial charge in [0.1, 0.15) is 6.61 Å². The number of hydrogen-bond acceptors (Lipinski definition) is 11. The predicted octanol–water partition coefficient (Wildman–Crippen LogP) is 7.76. The summed E-state index contributed by atoms with van der Waals surface area (Å²) in [6, 6.07) is 0. The summed E-state index contributed by atoms with van der Waals surface area (Å²) in [7, 11) is -4.86. The number of amides is 3. The van der Waals surface area contributed by atoms with E-state index < -0.39 is 32.5 Å². The van der Waals surface area contributed by atoms with E-state index in [4.69, 9.17) is 18.5 Å². The number of phosphoric ester groups is 1. The van der Waals surface area contributed by atoms with E-state index in [0.29, 0.717) is 45.1 Å². The first-order valence-corrected chi connectivity index (χ1v) is 26.8. The molecule has 3 amide bonds. The van der Waals surface area contributed by atoms with Crippen LogP contribution in [0.1, 0.15) is 219 Å². The van der Waals surface area contributed by atoms with Crippen molar-refractivity contribution in [3.63, 3.8) is 0 Å². The molecule has 0 aromatic heterocycles. The van der Waals surface area contributed by atoms with E-state index in [1.54, 1.807) is 0 Å². The number of nitrogens with one attached hydrogen (secondary N) is 1. The van der Waals surface area contributed by atoms with Crippen molar-refractivity contribution in [3.05, 3.63) is 12.2 Å². The summed E-state index contributed by atoms with van der Waals surface area (Å²) in [4.78, 5) is 75.8. The third kappa shape index (κ3) is 31.4. The summed E-state index contributed by atoms with van der Waals surface area (Å²) in [5.74, 6) is -1.91. The van der Waals surface area contributed by atoms with E-state index in [9.17, 15) is 33.4 Å². The third-order valence-corrected chi connectivity index (χ3v) is 13.3. The molecule has 1 N–H and O–H groups in total. The summed E-state index contributed by atoms with van der Waals surface area (Å²) in [6.07, 6.45) is 35.2. The Bertz CT molecular complexity index is 1330. The summed E-state index contributed by atoms with van der Waals surface area (Å²) in [5, 5.41) is 2.71. The van der Waals surface area contributed by atoms with Crippen molar-refractivity contribution >= 4 is 37.5 Å². The molecular formula is C49H86N2NaO11P. The summed E-state index contributed by atoms with van der Waals surface area (Å²) >= 11 is 0. The van der Waals surface area contributed by atoms with Gasteiger partial charge in [-0.25, -0.2) is 0 Å². The van der Waals surface area contributed by atoms with E-state index in [-0.39, 0.29) is 91.7 Å². The number of hydrogen-bond donors (Lipinski definition) is 1. The van der Waals surface area contributed by atoms with Gasteiger partial charge in [0.2, 0.25) is 5.91 Å². The number of imide groups is 1. The fraction of sp³-hybridized carbons (Fsp3) is 0.857. The van der Waals surface area contributed by atoms with Crippen molar-refractivity contribution in [2.45, 2.75) is 225 Å². The van der Waals surface area contributed by atoms with Crippen LogP contribution in [0.2, 0.25) is 0 Å². The van der Waals surface area contributed by atoms with Gasteiger partial charge < -0.3 is 28.7 Å². The zero-order valence-corrected chi connectivity index (χ0v) is 43.3. The topological polar surface area (TPSA) is 178 Å². The van der Waals surface area contributed by atoms with Gasteiger partial charge in [-0.1, -0.05) is 168 Å². The number of ether oxygens (including phenoxy) is 2. The Balaban J connectivity index is 0.0000205. The van der Waals surface area contributed by atoms with Crippen LogP contribution in [0.4, 0.5) is 0 Å². The largest absolute Gasteiger partial charge is 1.00 e. The number of rotatable bonds is 41. The molecule has 1 aliphatic carbocycles. The fourth-order valence-electron chi connectivity index (χ4n) is 8.36. The molecule has 15 heteroatoms. The van der Waals surface area contributed by atoms with Crippen molar-refractivity contribution in [3.8, 4) is 0 Å². The van der Waals surface area contributed by atoms with Crippen LogP contribution < -0.4 is 39.8 Å². The van der Waals surface area contributed by atoms with Crippen molar-refractivity contribution in [1.82, 2.24) is 10.2 Å². The second-order valence-electron chi connectivity index (χ2n) is 18.0. The van der Waals surface area contributed by atoms with Crippen LogP contribution in [0.25, 0.3) is 0 Å². The minimum absolute atomic E-state index is 0. The van der Waals surface area contributed by atoms with Crippen molar-refractivity contribution < 1.29 is 81.5 Å². The summed E-state index contributed by atoms with van der Waals surface area (Å²) in [6.45, 7) is 3.49. The number of nitrogens with zero attached hydrogens (tertiary/aromatic N) is 1. The van der Waals surface area contributed by atoms with Crippen molar-refractivity contribution in [2.24, 2.45) is 11.8 Å². The molecule has 0 bridgehead atoms. The zero-order valence-electron chi connectivity index (χ0n) is 40.4. The van der Waals surface area contributed by atoms with Crippen LogP contribution in [-0.2, 0) is 47.1 Å². The van der Waals surface area contributed by atoms with Gasteiger partial charge in [0, 0.05) is 44.0 Å². The van der Waals surface area contributed by atoms with Crippen LogP contribution in [0.15, 0.2) is 12.2 Å². The smallest absolute Gasteiger partial charge is 0.756 e. The van der Waals surface area contributed by atoms with Gasteiger partial charge in [0.25, 0.3) is 19.6 Å². The SMILES string of the molecule is CCCCCCCCCCCCCCCC(=O)OCC(COP(=O)([O-])OCCNC(=O)C1CCC(CN2C(=O)C=CC2=O)CC1)OC(=O)CCCCCCCCCCCCCCC.[Na+]. The molecular weight excluding hydrogens is 847 g/mol. The van der Waals surface area contributed by atoms with Gasteiger partial charge in [0.05, 0.1) is 13.2 Å². The molecule has 1 aliphatic heterocycles. The third-order valence-electron chi connectivity index (χ3n) is 12.3. The van der Waals surface area contributed by atoms with Gasteiger partial charge in [-0.05, 0) is 44.4 Å². The second-order valence-corrected chi connectivity index (χ2v) is 19.4. The first-order chi connectivity index (χ1) is 30.5. The molecule has 2 aliphatic rings. The van der Waals surface area contributed by atoms with E-state index in [2.05, 4.69) is 19.2 Å². The van der Waals surface area contributed by atoms with Gasteiger partial charge in [-0.3, -0.25) is 33.4 Å². The van der Waals surface area contributed by atoms with Crippen LogP contribution in [0.5, 0.6) is 0 Å². The standard InChI is InChI=1S/C49H87N2O11P.Na/c1-3-5-7-9-11-13-15-17-19-21-23-25-27-29-47(54)59-40-44(62-48(55)30-28-26-24-22-20-18-16-14-12-10-8-6-4-2)41-61-63(57,58)60-38-37-50-49(56)43-33-31-42(32-34-43)39-51-45(52)35-36-46(51)53;/h35-36,42-44H,3-34,37-41H2,1-2H3,(H,50,56)(H,57,58);/q;+1/p-1. The van der Waals surface area contributed by atoms with E-state index in [0.717, 1.165) is 38.5 Å². The molecule has 0 radical (unpaired) electrons. The normalized spacial score (nSPS) is 17.5. The number of carbonyl (C=O) groups excluding carboxylic acids is 5. The second kappa shape index (κ2) is 39.4. The molecule has 1 heterocycles. The fourth-order valence-corrected chi connectivity index (χ4v) is 9.10. The molecule has 0 aromatic rings. The summed E-state index contributed by atoms with van der Waals surface area (Å²) < 4.78 is 33.7. The van der Waals surface area contributed by atoms with Crippen LogP contribution >= 0.6 is 7.82 Å². The van der Waals surface area contributed by atoms with Crippen LogP contribution in [0.3, 0.4) is 0 Å². The Kier molecular flexibility index (Phi) is 37.2. The Morgan fingerprint density at radius 3 is 1.52 bits per heavy atom. The number of esters is 2. The average molecular weight is 933 g/mol. The number of unbranched alkanes of at least 4 members (excludes halogenated alkanes) is 24. The van der Waals surface area contributed by atoms with E-state index in [1.807, 2.05) is 0 Å². The number of carbonyl (C=O) groups is 5. The van der Waals surface area contributed by atoms with E-state index >= 15 is 0 Å². The Labute approximate surface area is 409 Å². The Morgan fingerprint density at radius 2 is 1.06 bits per heavy atom.